The van der Waals surface area contributed by atoms with E-state index in [1.165, 1.54) is 0 Å². The zero-order valence-corrected chi connectivity index (χ0v) is 15.9. The number of rotatable bonds is 5. The molecule has 30 heavy (non-hydrogen) atoms. The summed E-state index contributed by atoms with van der Waals surface area (Å²) in [7, 11) is 0. The molecule has 0 saturated heterocycles. The van der Waals surface area contributed by atoms with Crippen molar-refractivity contribution in [3.63, 3.8) is 0 Å². The summed E-state index contributed by atoms with van der Waals surface area (Å²) >= 11 is 0. The molecule has 0 aliphatic carbocycles. The Morgan fingerprint density at radius 2 is 0.933 bits per heavy atom. The lowest BCUT2D eigenvalue weighted by Crippen LogP contribution is -2.12. The van der Waals surface area contributed by atoms with Gasteiger partial charge >= 0.3 is 0 Å². The molecule has 0 atom stereocenters. The number of benzene rings is 2. The van der Waals surface area contributed by atoms with E-state index in [1.807, 2.05) is 36.4 Å². The molecule has 6 nitrogen and oxygen atoms in total. The van der Waals surface area contributed by atoms with Gasteiger partial charge in [0, 0.05) is 23.5 Å². The van der Waals surface area contributed by atoms with Crippen LogP contribution in [0.2, 0.25) is 0 Å². The van der Waals surface area contributed by atoms with E-state index in [9.17, 15) is 9.59 Å². The second kappa shape index (κ2) is 8.79. The lowest BCUT2D eigenvalue weighted by molar-refractivity contribution is 0.101. The smallest absolute Gasteiger partial charge is 0.256 e. The molecule has 0 aliphatic heterocycles. The highest BCUT2D eigenvalue weighted by molar-refractivity contribution is 6.04. The fourth-order valence-electron chi connectivity index (χ4n) is 2.88. The maximum Gasteiger partial charge on any atom is 0.256 e. The normalized spacial score (nSPS) is 10.3. The minimum atomic E-state index is -0.221. The first-order valence-electron chi connectivity index (χ1n) is 9.34. The van der Waals surface area contributed by atoms with Gasteiger partial charge in [-0.2, -0.15) is 0 Å². The molecular weight excluding hydrogens is 376 g/mol. The van der Waals surface area contributed by atoms with Crippen LogP contribution in [0.1, 0.15) is 20.7 Å². The van der Waals surface area contributed by atoms with Crippen LogP contribution in [0.3, 0.4) is 0 Å². The van der Waals surface area contributed by atoms with Gasteiger partial charge < -0.3 is 10.6 Å². The molecule has 2 heterocycles. The van der Waals surface area contributed by atoms with E-state index in [1.54, 1.807) is 60.9 Å². The molecule has 2 amide bonds. The van der Waals surface area contributed by atoms with Crippen LogP contribution in [0.5, 0.6) is 0 Å². The zero-order chi connectivity index (χ0) is 20.8. The molecule has 2 aromatic heterocycles. The molecule has 0 spiro atoms. The Morgan fingerprint density at radius 3 is 1.27 bits per heavy atom. The van der Waals surface area contributed by atoms with Crippen LogP contribution >= 0.6 is 0 Å². The summed E-state index contributed by atoms with van der Waals surface area (Å²) in [6.07, 6.45) is 3.25. The first-order chi connectivity index (χ1) is 14.7. The monoisotopic (exact) mass is 394 g/mol. The van der Waals surface area contributed by atoms with Gasteiger partial charge in [0.05, 0.1) is 0 Å². The SMILES string of the molecule is O=C(Nc1ccccn1)c1ccc(-c2ccc(C(=O)Nc3ccccn3)cc2)cc1. The molecule has 2 N–H and O–H groups in total. The van der Waals surface area contributed by atoms with Crippen LogP contribution in [-0.4, -0.2) is 21.8 Å². The van der Waals surface area contributed by atoms with Crippen molar-refractivity contribution in [1.82, 2.24) is 9.97 Å². The van der Waals surface area contributed by atoms with Crippen molar-refractivity contribution in [2.24, 2.45) is 0 Å². The van der Waals surface area contributed by atoms with Crippen molar-refractivity contribution < 1.29 is 9.59 Å². The average molecular weight is 394 g/mol. The van der Waals surface area contributed by atoms with Gasteiger partial charge in [-0.1, -0.05) is 36.4 Å². The third-order valence-corrected chi connectivity index (χ3v) is 4.44. The fourth-order valence-corrected chi connectivity index (χ4v) is 2.88. The number of nitrogens with zero attached hydrogens (tertiary/aromatic N) is 2. The summed E-state index contributed by atoms with van der Waals surface area (Å²) < 4.78 is 0. The fraction of sp³-hybridized carbons (Fsp3) is 0. The van der Waals surface area contributed by atoms with Crippen molar-refractivity contribution in [1.29, 1.82) is 0 Å². The van der Waals surface area contributed by atoms with E-state index < -0.39 is 0 Å². The molecule has 2 aromatic carbocycles. The van der Waals surface area contributed by atoms with Crippen molar-refractivity contribution in [2.75, 3.05) is 10.6 Å². The van der Waals surface area contributed by atoms with Crippen molar-refractivity contribution in [3.8, 4) is 11.1 Å². The predicted octanol–water partition coefficient (Wildman–Crippen LogP) is 4.65. The number of aromatic nitrogens is 2. The lowest BCUT2D eigenvalue weighted by atomic mass is 10.0. The predicted molar refractivity (Wildman–Crippen MR) is 116 cm³/mol. The number of hydrogen-bond acceptors (Lipinski definition) is 4. The van der Waals surface area contributed by atoms with E-state index >= 15 is 0 Å². The van der Waals surface area contributed by atoms with Crippen LogP contribution in [0.15, 0.2) is 97.3 Å². The van der Waals surface area contributed by atoms with Gasteiger partial charge in [0.25, 0.3) is 11.8 Å². The molecule has 4 rings (SSSR count). The summed E-state index contributed by atoms with van der Waals surface area (Å²) in [4.78, 5) is 32.8. The van der Waals surface area contributed by atoms with Gasteiger partial charge in [0.15, 0.2) is 0 Å². The number of anilines is 2. The molecule has 0 bridgehead atoms. The largest absolute Gasteiger partial charge is 0.307 e. The van der Waals surface area contributed by atoms with Crippen LogP contribution in [0.4, 0.5) is 11.6 Å². The second-order valence-electron chi connectivity index (χ2n) is 6.49. The van der Waals surface area contributed by atoms with E-state index in [0.29, 0.717) is 22.8 Å². The van der Waals surface area contributed by atoms with E-state index in [0.717, 1.165) is 11.1 Å². The quantitative estimate of drug-likeness (QED) is 0.516. The van der Waals surface area contributed by atoms with Gasteiger partial charge in [-0.3, -0.25) is 9.59 Å². The molecule has 0 radical (unpaired) electrons. The van der Waals surface area contributed by atoms with Crippen LogP contribution in [0.25, 0.3) is 11.1 Å². The standard InChI is InChI=1S/C24H18N4O2/c29-23(27-21-5-1-3-15-25-21)19-11-7-17(8-12-19)18-9-13-20(14-10-18)24(30)28-22-6-2-4-16-26-22/h1-16H,(H,25,27,29)(H,26,28,30). The Balaban J connectivity index is 1.43. The summed E-state index contributed by atoms with van der Waals surface area (Å²) in [5, 5.41) is 5.52. The molecule has 0 fully saturated rings. The molecule has 4 aromatic rings. The Morgan fingerprint density at radius 1 is 0.533 bits per heavy atom. The summed E-state index contributed by atoms with van der Waals surface area (Å²) in [6.45, 7) is 0. The van der Waals surface area contributed by atoms with E-state index in [-0.39, 0.29) is 11.8 Å². The van der Waals surface area contributed by atoms with Crippen LogP contribution < -0.4 is 10.6 Å². The lowest BCUT2D eigenvalue weighted by Gasteiger charge is -2.07. The summed E-state index contributed by atoms with van der Waals surface area (Å²) in [5.41, 5.74) is 2.97. The first kappa shape index (κ1) is 19.0. The summed E-state index contributed by atoms with van der Waals surface area (Å²) in [5.74, 6) is 0.570. The van der Waals surface area contributed by atoms with Crippen LogP contribution in [-0.2, 0) is 0 Å². The Hall–Kier alpha value is -4.32. The maximum absolute atomic E-state index is 12.3. The molecular formula is C24H18N4O2. The summed E-state index contributed by atoms with van der Waals surface area (Å²) in [6, 6.07) is 25.2. The van der Waals surface area contributed by atoms with E-state index in [2.05, 4.69) is 20.6 Å². The number of amides is 2. The van der Waals surface area contributed by atoms with Gasteiger partial charge in [-0.25, -0.2) is 9.97 Å². The highest BCUT2D eigenvalue weighted by Crippen LogP contribution is 2.21. The third-order valence-electron chi connectivity index (χ3n) is 4.44. The minimum absolute atomic E-state index is 0.221. The van der Waals surface area contributed by atoms with E-state index in [4.69, 9.17) is 0 Å². The Kier molecular flexibility index (Phi) is 5.57. The number of pyridine rings is 2. The van der Waals surface area contributed by atoms with Crippen molar-refractivity contribution in [3.05, 3.63) is 108 Å². The first-order valence-corrected chi connectivity index (χ1v) is 9.34. The highest BCUT2D eigenvalue weighted by Gasteiger charge is 2.09. The number of nitrogens with one attached hydrogen (secondary N) is 2. The number of carbonyl (C=O) groups excluding carboxylic acids is 2. The maximum atomic E-state index is 12.3. The minimum Gasteiger partial charge on any atom is -0.307 e. The van der Waals surface area contributed by atoms with Gasteiger partial charge in [0.2, 0.25) is 0 Å². The third kappa shape index (κ3) is 4.56. The molecule has 146 valence electrons. The Bertz CT molecular complexity index is 1050. The van der Waals surface area contributed by atoms with Gasteiger partial charge in [0.1, 0.15) is 11.6 Å². The Labute approximate surface area is 173 Å². The zero-order valence-electron chi connectivity index (χ0n) is 15.9. The molecule has 6 heteroatoms. The molecule has 0 aliphatic rings. The number of carbonyl (C=O) groups is 2. The molecule has 0 saturated carbocycles. The topological polar surface area (TPSA) is 84.0 Å². The second-order valence-corrected chi connectivity index (χ2v) is 6.49. The van der Waals surface area contributed by atoms with Gasteiger partial charge in [-0.15, -0.1) is 0 Å². The number of hydrogen-bond donors (Lipinski definition) is 2. The van der Waals surface area contributed by atoms with Crippen LogP contribution in [0, 0.1) is 0 Å². The van der Waals surface area contributed by atoms with Crippen molar-refractivity contribution >= 4 is 23.5 Å². The van der Waals surface area contributed by atoms with Gasteiger partial charge in [-0.05, 0) is 59.7 Å². The molecule has 0 unspecified atom stereocenters. The van der Waals surface area contributed by atoms with Crippen molar-refractivity contribution in [2.45, 2.75) is 0 Å². The highest BCUT2D eigenvalue weighted by atomic mass is 16.2. The average Bonchev–Trinajstić information content (AvgIpc) is 2.80.